The van der Waals surface area contributed by atoms with E-state index in [1.807, 2.05) is 0 Å². The number of nitrogens with one attached hydrogen (secondary N) is 1. The fourth-order valence-electron chi connectivity index (χ4n) is 6.44. The summed E-state index contributed by atoms with van der Waals surface area (Å²) < 4.78 is 8.00. The fraction of sp³-hybridized carbons (Fsp3) is 0.632. The maximum atomic E-state index is 7.15. The van der Waals surface area contributed by atoms with Crippen molar-refractivity contribution in [3.8, 4) is 0 Å². The van der Waals surface area contributed by atoms with Gasteiger partial charge in [-0.05, 0) is 80.8 Å². The molecule has 0 unspecified atom stereocenters. The van der Waals surface area contributed by atoms with E-state index >= 15 is 0 Å². The second-order valence-electron chi connectivity index (χ2n) is 13.1. The van der Waals surface area contributed by atoms with Crippen LogP contribution < -0.4 is 4.72 Å². The smallest absolute Gasteiger partial charge is 0.0917 e. The fourth-order valence-corrected chi connectivity index (χ4v) is 11.7. The van der Waals surface area contributed by atoms with Gasteiger partial charge in [-0.1, -0.05) is 153 Å². The van der Waals surface area contributed by atoms with E-state index < -0.39 is 0 Å². The van der Waals surface area contributed by atoms with Gasteiger partial charge in [-0.3, -0.25) is 4.31 Å². The van der Waals surface area contributed by atoms with Gasteiger partial charge in [-0.2, -0.15) is 0 Å². The molecule has 4 rings (SSSR count). The first-order chi connectivity index (χ1) is 23.0. The molecule has 9 heteroatoms. The quantitative estimate of drug-likeness (QED) is 0.0836. The van der Waals surface area contributed by atoms with Gasteiger partial charge in [0.05, 0.1) is 46.0 Å². The van der Waals surface area contributed by atoms with Crippen LogP contribution in [0.25, 0.3) is 11.3 Å². The van der Waals surface area contributed by atoms with Crippen LogP contribution >= 0.6 is 89.9 Å². The van der Waals surface area contributed by atoms with Crippen LogP contribution in [-0.2, 0) is 12.8 Å². The minimum Gasteiger partial charge on any atom is -0.316 e. The Morgan fingerprint density at radius 3 is 1.51 bits per heavy atom. The van der Waals surface area contributed by atoms with E-state index in [0.717, 1.165) is 39.6 Å². The largest absolute Gasteiger partial charge is 0.316 e. The maximum Gasteiger partial charge on any atom is 0.0917 e. The Morgan fingerprint density at radius 1 is 0.596 bits per heavy atom. The predicted molar refractivity (Wildman–Crippen MR) is 221 cm³/mol. The Morgan fingerprint density at radius 2 is 1.02 bits per heavy atom. The number of thiophene rings is 2. The third-order valence-corrected chi connectivity index (χ3v) is 14.8. The van der Waals surface area contributed by atoms with Gasteiger partial charge >= 0.3 is 0 Å². The van der Waals surface area contributed by atoms with Gasteiger partial charge in [0.15, 0.2) is 0 Å². The molecule has 2 aliphatic rings. The van der Waals surface area contributed by atoms with Crippen LogP contribution in [0.15, 0.2) is 41.7 Å². The van der Waals surface area contributed by atoms with E-state index in [-0.39, 0.29) is 0 Å². The van der Waals surface area contributed by atoms with Crippen LogP contribution in [0.3, 0.4) is 0 Å². The third-order valence-electron chi connectivity index (χ3n) is 9.23. The number of rotatable bonds is 24. The molecule has 1 N–H and O–H groups in total. The minimum absolute atomic E-state index is 0.620. The lowest BCUT2D eigenvalue weighted by Gasteiger charge is -2.29. The second-order valence-corrected chi connectivity index (χ2v) is 19.3. The molecule has 0 fully saturated rings. The first-order valence-electron chi connectivity index (χ1n) is 18.3. The van der Waals surface area contributed by atoms with Crippen molar-refractivity contribution >= 4 is 101 Å². The number of halogens is 4. The topological polar surface area (TPSA) is 15.3 Å². The summed E-state index contributed by atoms with van der Waals surface area (Å²) in [6.07, 6.45) is 31.3. The van der Waals surface area contributed by atoms with E-state index in [1.54, 1.807) is 34.8 Å². The molecule has 0 spiro atoms. The van der Waals surface area contributed by atoms with Gasteiger partial charge in [0.2, 0.25) is 0 Å². The van der Waals surface area contributed by atoms with Gasteiger partial charge < -0.3 is 4.72 Å². The highest BCUT2D eigenvalue weighted by Crippen LogP contribution is 2.53. The van der Waals surface area contributed by atoms with E-state index in [1.165, 1.54) is 147 Å². The summed E-state index contributed by atoms with van der Waals surface area (Å²) in [7, 11) is 0. The van der Waals surface area contributed by atoms with Crippen molar-refractivity contribution in [3.05, 3.63) is 62.5 Å². The van der Waals surface area contributed by atoms with Gasteiger partial charge in [-0.25, -0.2) is 0 Å². The van der Waals surface area contributed by atoms with E-state index in [2.05, 4.69) is 73.1 Å². The third kappa shape index (κ3) is 12.1. The molecule has 0 atom stereocenters. The number of unbranched alkanes of at least 4 members (excludes halogenated alkanes) is 18. The molecule has 2 aromatic rings. The summed E-state index contributed by atoms with van der Waals surface area (Å²) in [5.41, 5.74) is 5.80. The molecule has 0 saturated heterocycles. The molecule has 0 radical (unpaired) electrons. The van der Waals surface area contributed by atoms with Gasteiger partial charge in [0, 0.05) is 16.7 Å². The maximum absolute atomic E-state index is 7.15. The van der Waals surface area contributed by atoms with Crippen LogP contribution in [0.2, 0.25) is 0 Å². The molecular formula is C38H54Br2Cl2N2S3. The average molecular weight is 866 g/mol. The van der Waals surface area contributed by atoms with Crippen LogP contribution in [0, 0.1) is 0 Å². The summed E-state index contributed by atoms with van der Waals surface area (Å²) in [5, 5.41) is 1.25. The molecule has 0 aliphatic carbocycles. The van der Waals surface area contributed by atoms with Crippen molar-refractivity contribution in [1.29, 1.82) is 0 Å². The summed E-state index contributed by atoms with van der Waals surface area (Å²) in [5.74, 6) is 0. The summed E-state index contributed by atoms with van der Waals surface area (Å²) in [4.78, 5) is 2.31. The molecule has 2 aromatic heterocycles. The Balaban J connectivity index is 1.33. The van der Waals surface area contributed by atoms with Crippen molar-refractivity contribution in [3.63, 3.8) is 0 Å². The zero-order valence-corrected chi connectivity index (χ0v) is 35.6. The van der Waals surface area contributed by atoms with Crippen LogP contribution in [0.5, 0.6) is 0 Å². The lowest BCUT2D eigenvalue weighted by molar-refractivity contribution is 0.556. The van der Waals surface area contributed by atoms with E-state index in [0.29, 0.717) is 10.1 Å². The predicted octanol–water partition coefficient (Wildman–Crippen LogP) is 16.1. The molecule has 262 valence electrons. The Bertz CT molecular complexity index is 1350. The van der Waals surface area contributed by atoms with Crippen molar-refractivity contribution in [2.24, 2.45) is 0 Å². The molecule has 2 nitrogen and oxygen atoms in total. The average Bonchev–Trinajstić information content (AvgIpc) is 3.78. The molecule has 0 saturated carbocycles. The molecule has 2 aliphatic heterocycles. The van der Waals surface area contributed by atoms with Crippen LogP contribution in [0.4, 0.5) is 0 Å². The first-order valence-corrected chi connectivity index (χ1v) is 23.0. The van der Waals surface area contributed by atoms with Gasteiger partial charge in [0.25, 0.3) is 0 Å². The standard InChI is InChI=1S/C38H54Br2Cl2N2S3/c1-3-5-7-9-11-13-15-17-19-21-23-28-25-31(45-37(28)39)33-30-27-43-47-44(30)36(35(42)34(33)41)32-26-29(38(40)46-32)24-22-20-18-16-14-12-10-8-6-4-2/h25-27,43H,3-24H2,1-2H3. The monoisotopic (exact) mass is 862 g/mol. The lowest BCUT2D eigenvalue weighted by atomic mass is 10.0. The summed E-state index contributed by atoms with van der Waals surface area (Å²) in [6.45, 7) is 4.57. The Hall–Kier alpha value is 0.110. The van der Waals surface area contributed by atoms with Crippen molar-refractivity contribution in [2.75, 3.05) is 0 Å². The molecular weight excluding hydrogens is 811 g/mol. The number of fused-ring (bicyclic) bond motifs is 1. The highest BCUT2D eigenvalue weighted by Gasteiger charge is 2.36. The summed E-state index contributed by atoms with van der Waals surface area (Å²) in [6, 6.07) is 4.64. The highest BCUT2D eigenvalue weighted by atomic mass is 79.9. The minimum atomic E-state index is 0.620. The van der Waals surface area contributed by atoms with Crippen molar-refractivity contribution in [1.82, 2.24) is 9.03 Å². The molecule has 0 aromatic carbocycles. The van der Waals surface area contributed by atoms with Gasteiger partial charge in [-0.15, -0.1) is 22.7 Å². The lowest BCUT2D eigenvalue weighted by Crippen LogP contribution is -2.17. The van der Waals surface area contributed by atoms with Crippen molar-refractivity contribution < 1.29 is 0 Å². The summed E-state index contributed by atoms with van der Waals surface area (Å²) >= 11 is 27.1. The zero-order valence-electron chi connectivity index (χ0n) is 28.5. The second kappa shape index (κ2) is 22.1. The molecule has 47 heavy (non-hydrogen) atoms. The van der Waals surface area contributed by atoms with E-state index in [9.17, 15) is 0 Å². The van der Waals surface area contributed by atoms with Crippen LogP contribution in [0.1, 0.15) is 163 Å². The zero-order chi connectivity index (χ0) is 33.4. The normalized spacial score (nSPS) is 14.8. The van der Waals surface area contributed by atoms with E-state index in [4.69, 9.17) is 23.2 Å². The Labute approximate surface area is 325 Å². The highest BCUT2D eigenvalue weighted by molar-refractivity contribution is 9.11. The van der Waals surface area contributed by atoms with Crippen molar-refractivity contribution in [2.45, 2.75) is 155 Å². The first kappa shape index (κ1) is 39.9. The number of nitrogens with zero attached hydrogens (tertiary/aromatic N) is 1. The SMILES string of the molecule is CCCCCCCCCCCCc1cc(C2=C(Cl)C(Cl)=C(c3cc(CCCCCCCCCCCC)c(Br)s3)N3SNC=C23)sc1Br. The number of hydrogen-bond donors (Lipinski definition) is 1. The number of hydrogen-bond acceptors (Lipinski definition) is 5. The molecule has 4 heterocycles. The van der Waals surface area contributed by atoms with Crippen LogP contribution in [-0.4, -0.2) is 4.31 Å². The Kier molecular flexibility index (Phi) is 18.8. The number of aryl methyl sites for hydroxylation is 2. The van der Waals surface area contributed by atoms with Gasteiger partial charge in [0.1, 0.15) is 0 Å². The molecule has 0 amide bonds. The number of allylic oxidation sites excluding steroid dienone is 3. The molecule has 0 bridgehead atoms.